The lowest BCUT2D eigenvalue weighted by atomic mass is 10.1. The number of carbonyl (C=O) groups is 2. The number of amides is 1. The SMILES string of the molecule is Cn1cc(C(NC(=O)CN2CCNCC2)C(=O)O)cn1. The first-order valence-corrected chi connectivity index (χ1v) is 6.50. The van der Waals surface area contributed by atoms with Crippen LogP contribution in [0.4, 0.5) is 0 Å². The lowest BCUT2D eigenvalue weighted by Gasteiger charge is -2.27. The molecule has 8 nitrogen and oxygen atoms in total. The molecule has 0 spiro atoms. The Kier molecular flexibility index (Phi) is 4.70. The Bertz CT molecular complexity index is 481. The number of carbonyl (C=O) groups excluding carboxylic acids is 1. The summed E-state index contributed by atoms with van der Waals surface area (Å²) in [4.78, 5) is 25.2. The number of hydrogen-bond donors (Lipinski definition) is 3. The van der Waals surface area contributed by atoms with Gasteiger partial charge < -0.3 is 15.7 Å². The number of nitrogens with one attached hydrogen (secondary N) is 2. The fourth-order valence-electron chi connectivity index (χ4n) is 2.16. The standard InChI is InChI=1S/C12H19N5O3/c1-16-7-9(6-14-16)11(12(19)20)15-10(18)8-17-4-2-13-3-5-17/h6-7,11,13H,2-5,8H2,1H3,(H,15,18)(H,19,20). The van der Waals surface area contributed by atoms with Gasteiger partial charge in [0.05, 0.1) is 12.7 Å². The number of carboxylic acid groups (broad SMARTS) is 1. The first-order chi connectivity index (χ1) is 9.56. The predicted octanol–water partition coefficient (Wildman–Crippen LogP) is -1.43. The maximum Gasteiger partial charge on any atom is 0.331 e. The molecule has 1 aliphatic heterocycles. The van der Waals surface area contributed by atoms with Crippen molar-refractivity contribution in [2.75, 3.05) is 32.7 Å². The van der Waals surface area contributed by atoms with E-state index in [0.717, 1.165) is 26.2 Å². The summed E-state index contributed by atoms with van der Waals surface area (Å²) in [6.45, 7) is 3.48. The van der Waals surface area contributed by atoms with Gasteiger partial charge in [0.25, 0.3) is 0 Å². The molecule has 1 unspecified atom stereocenters. The Labute approximate surface area is 116 Å². The molecule has 2 rings (SSSR count). The number of nitrogens with zero attached hydrogens (tertiary/aromatic N) is 3. The van der Waals surface area contributed by atoms with Gasteiger partial charge in [-0.25, -0.2) is 4.79 Å². The van der Waals surface area contributed by atoms with Crippen LogP contribution in [0.5, 0.6) is 0 Å². The molecule has 1 aliphatic rings. The fraction of sp³-hybridized carbons (Fsp3) is 0.583. The molecule has 1 amide bonds. The Morgan fingerprint density at radius 2 is 2.20 bits per heavy atom. The smallest absolute Gasteiger partial charge is 0.331 e. The van der Waals surface area contributed by atoms with Crippen molar-refractivity contribution in [3.8, 4) is 0 Å². The van der Waals surface area contributed by atoms with Crippen molar-refractivity contribution in [1.82, 2.24) is 25.3 Å². The number of aryl methyl sites for hydroxylation is 1. The monoisotopic (exact) mass is 281 g/mol. The molecule has 0 bridgehead atoms. The molecule has 1 aromatic heterocycles. The Morgan fingerprint density at radius 3 is 2.75 bits per heavy atom. The van der Waals surface area contributed by atoms with E-state index in [-0.39, 0.29) is 12.5 Å². The number of aliphatic carboxylic acids is 1. The highest BCUT2D eigenvalue weighted by atomic mass is 16.4. The highest BCUT2D eigenvalue weighted by molar-refractivity contribution is 5.85. The highest BCUT2D eigenvalue weighted by Crippen LogP contribution is 2.11. The van der Waals surface area contributed by atoms with Crippen LogP contribution in [-0.4, -0.2) is 64.4 Å². The second-order valence-corrected chi connectivity index (χ2v) is 4.81. The number of carboxylic acids is 1. The third-order valence-corrected chi connectivity index (χ3v) is 3.19. The summed E-state index contributed by atoms with van der Waals surface area (Å²) in [6.07, 6.45) is 3.04. The molecule has 0 saturated carbocycles. The van der Waals surface area contributed by atoms with E-state index in [4.69, 9.17) is 0 Å². The van der Waals surface area contributed by atoms with Crippen molar-refractivity contribution in [3.05, 3.63) is 18.0 Å². The van der Waals surface area contributed by atoms with E-state index in [0.29, 0.717) is 5.56 Å². The van der Waals surface area contributed by atoms with Crippen molar-refractivity contribution in [2.45, 2.75) is 6.04 Å². The van der Waals surface area contributed by atoms with Gasteiger partial charge in [-0.05, 0) is 0 Å². The van der Waals surface area contributed by atoms with Gasteiger partial charge in [0.15, 0.2) is 6.04 Å². The molecule has 1 aromatic rings. The molecule has 3 N–H and O–H groups in total. The molecule has 1 atom stereocenters. The van der Waals surface area contributed by atoms with Crippen molar-refractivity contribution in [3.63, 3.8) is 0 Å². The van der Waals surface area contributed by atoms with Crippen molar-refractivity contribution in [1.29, 1.82) is 0 Å². The molecule has 8 heteroatoms. The number of rotatable bonds is 5. The third kappa shape index (κ3) is 3.78. The van der Waals surface area contributed by atoms with Crippen LogP contribution in [0.3, 0.4) is 0 Å². The Hall–Kier alpha value is -1.93. The molecule has 1 fully saturated rings. The molecule has 0 aliphatic carbocycles. The molecule has 110 valence electrons. The van der Waals surface area contributed by atoms with Crippen LogP contribution in [0.1, 0.15) is 11.6 Å². The molecule has 0 radical (unpaired) electrons. The Morgan fingerprint density at radius 1 is 1.50 bits per heavy atom. The first kappa shape index (κ1) is 14.5. The average Bonchev–Trinajstić information content (AvgIpc) is 2.83. The van der Waals surface area contributed by atoms with Crippen LogP contribution in [0.25, 0.3) is 0 Å². The minimum atomic E-state index is -1.09. The zero-order valence-corrected chi connectivity index (χ0v) is 11.4. The van der Waals surface area contributed by atoms with Gasteiger partial charge in [0, 0.05) is 45.0 Å². The Balaban J connectivity index is 1.94. The van der Waals surface area contributed by atoms with Crippen molar-refractivity contribution in [2.24, 2.45) is 7.05 Å². The maximum atomic E-state index is 11.9. The summed E-state index contributed by atoms with van der Waals surface area (Å²) < 4.78 is 1.51. The van der Waals surface area contributed by atoms with Gasteiger partial charge in [-0.3, -0.25) is 14.4 Å². The summed E-state index contributed by atoms with van der Waals surface area (Å²) in [5.41, 5.74) is 0.466. The maximum absolute atomic E-state index is 11.9. The summed E-state index contributed by atoms with van der Waals surface area (Å²) in [7, 11) is 1.70. The number of hydrogen-bond acceptors (Lipinski definition) is 5. The summed E-state index contributed by atoms with van der Waals surface area (Å²) in [5, 5.41) is 18.9. The average molecular weight is 281 g/mol. The summed E-state index contributed by atoms with van der Waals surface area (Å²) in [6, 6.07) is -1.06. The minimum absolute atomic E-state index is 0.214. The molecule has 1 saturated heterocycles. The van der Waals surface area contributed by atoms with Crippen molar-refractivity contribution >= 4 is 11.9 Å². The zero-order chi connectivity index (χ0) is 14.5. The second kappa shape index (κ2) is 6.49. The zero-order valence-electron chi connectivity index (χ0n) is 11.4. The van der Waals surface area contributed by atoms with E-state index in [9.17, 15) is 14.7 Å². The van der Waals surface area contributed by atoms with Gasteiger partial charge in [-0.15, -0.1) is 0 Å². The highest BCUT2D eigenvalue weighted by Gasteiger charge is 2.24. The van der Waals surface area contributed by atoms with Gasteiger partial charge in [0.2, 0.25) is 5.91 Å². The van der Waals surface area contributed by atoms with Crippen LogP contribution >= 0.6 is 0 Å². The summed E-state index contributed by atoms with van der Waals surface area (Å²) >= 11 is 0. The first-order valence-electron chi connectivity index (χ1n) is 6.50. The number of piperazine rings is 1. The lowest BCUT2D eigenvalue weighted by molar-refractivity contribution is -0.142. The van der Waals surface area contributed by atoms with Crippen LogP contribution in [0.2, 0.25) is 0 Å². The largest absolute Gasteiger partial charge is 0.479 e. The quantitative estimate of drug-likeness (QED) is 0.612. The topological polar surface area (TPSA) is 99.5 Å². The van der Waals surface area contributed by atoms with Gasteiger partial charge in [-0.2, -0.15) is 5.10 Å². The van der Waals surface area contributed by atoms with E-state index in [1.165, 1.54) is 10.9 Å². The van der Waals surface area contributed by atoms with Crippen LogP contribution in [0, 0.1) is 0 Å². The molecule has 2 heterocycles. The van der Waals surface area contributed by atoms with Gasteiger partial charge in [0.1, 0.15) is 0 Å². The minimum Gasteiger partial charge on any atom is -0.479 e. The van der Waals surface area contributed by atoms with E-state index in [1.54, 1.807) is 13.2 Å². The second-order valence-electron chi connectivity index (χ2n) is 4.81. The molecular formula is C12H19N5O3. The fourth-order valence-corrected chi connectivity index (χ4v) is 2.16. The van der Waals surface area contributed by atoms with Crippen LogP contribution < -0.4 is 10.6 Å². The van der Waals surface area contributed by atoms with Crippen molar-refractivity contribution < 1.29 is 14.7 Å². The van der Waals surface area contributed by atoms with E-state index >= 15 is 0 Å². The van der Waals surface area contributed by atoms with Crippen LogP contribution in [0.15, 0.2) is 12.4 Å². The molecular weight excluding hydrogens is 262 g/mol. The number of aromatic nitrogens is 2. The van der Waals surface area contributed by atoms with E-state index in [2.05, 4.69) is 15.7 Å². The lowest BCUT2D eigenvalue weighted by Crippen LogP contribution is -2.48. The van der Waals surface area contributed by atoms with Gasteiger partial charge in [-0.1, -0.05) is 0 Å². The van der Waals surface area contributed by atoms with Crippen LogP contribution in [-0.2, 0) is 16.6 Å². The van der Waals surface area contributed by atoms with E-state index in [1.807, 2.05) is 4.90 Å². The summed E-state index contributed by atoms with van der Waals surface area (Å²) in [5.74, 6) is -1.38. The third-order valence-electron chi connectivity index (χ3n) is 3.19. The normalized spacial score (nSPS) is 17.6. The van der Waals surface area contributed by atoms with Gasteiger partial charge >= 0.3 is 5.97 Å². The van der Waals surface area contributed by atoms with E-state index < -0.39 is 12.0 Å². The predicted molar refractivity (Wildman–Crippen MR) is 71.0 cm³/mol. The molecule has 0 aromatic carbocycles. The molecule has 20 heavy (non-hydrogen) atoms.